The molecule has 0 aliphatic carbocycles. The van der Waals surface area contributed by atoms with Gasteiger partial charge in [0.05, 0.1) is 18.6 Å². The third-order valence-electron chi connectivity index (χ3n) is 3.51. The Labute approximate surface area is 113 Å². The lowest BCUT2D eigenvalue weighted by Crippen LogP contribution is -2.32. The van der Waals surface area contributed by atoms with Crippen molar-refractivity contribution in [2.24, 2.45) is 0 Å². The standard InChI is InChI=1S/C13H19NO4S/c1-14(11-5-6-19(16,17)9-11)8-10-3-4-12(15)13(7-10)18-2/h3-4,7,11,15H,5-6,8-9H2,1-2H3. The molecule has 0 bridgehead atoms. The molecule has 1 aliphatic heterocycles. The Balaban J connectivity index is 2.05. The zero-order valence-electron chi connectivity index (χ0n) is 11.2. The van der Waals surface area contributed by atoms with Crippen LogP contribution in [0.2, 0.25) is 0 Å². The molecule has 2 rings (SSSR count). The molecule has 1 heterocycles. The summed E-state index contributed by atoms with van der Waals surface area (Å²) in [6.07, 6.45) is 0.689. The molecule has 19 heavy (non-hydrogen) atoms. The van der Waals surface area contributed by atoms with Crippen LogP contribution in [0.25, 0.3) is 0 Å². The highest BCUT2D eigenvalue weighted by molar-refractivity contribution is 7.91. The summed E-state index contributed by atoms with van der Waals surface area (Å²) in [6.45, 7) is 0.636. The molecule has 106 valence electrons. The van der Waals surface area contributed by atoms with Crippen LogP contribution in [-0.4, -0.2) is 50.1 Å². The topological polar surface area (TPSA) is 66.8 Å². The summed E-state index contributed by atoms with van der Waals surface area (Å²) >= 11 is 0. The first-order valence-electron chi connectivity index (χ1n) is 6.18. The van der Waals surface area contributed by atoms with Gasteiger partial charge < -0.3 is 9.84 Å². The van der Waals surface area contributed by atoms with Gasteiger partial charge in [0.2, 0.25) is 0 Å². The normalized spacial score (nSPS) is 21.7. The minimum atomic E-state index is -2.86. The van der Waals surface area contributed by atoms with Crippen molar-refractivity contribution in [3.8, 4) is 11.5 Å². The van der Waals surface area contributed by atoms with Crippen molar-refractivity contribution in [1.29, 1.82) is 0 Å². The summed E-state index contributed by atoms with van der Waals surface area (Å²) in [4.78, 5) is 2.04. The van der Waals surface area contributed by atoms with Crippen LogP contribution in [0.4, 0.5) is 0 Å². The van der Waals surface area contributed by atoms with E-state index >= 15 is 0 Å². The Kier molecular flexibility index (Phi) is 4.01. The SMILES string of the molecule is COc1cc(CN(C)C2CCS(=O)(=O)C2)ccc1O. The number of aromatic hydroxyl groups is 1. The van der Waals surface area contributed by atoms with Crippen LogP contribution in [0.5, 0.6) is 11.5 Å². The molecule has 1 fully saturated rings. The number of methoxy groups -OCH3 is 1. The molecule has 1 aliphatic rings. The number of hydrogen-bond acceptors (Lipinski definition) is 5. The summed E-state index contributed by atoms with van der Waals surface area (Å²) in [6, 6.07) is 5.25. The Hall–Kier alpha value is -1.27. The third kappa shape index (κ3) is 3.39. The van der Waals surface area contributed by atoms with Crippen molar-refractivity contribution in [1.82, 2.24) is 4.90 Å². The average molecular weight is 285 g/mol. The molecule has 0 radical (unpaired) electrons. The molecule has 6 heteroatoms. The summed E-state index contributed by atoms with van der Waals surface area (Å²) in [5.74, 6) is 1.06. The third-order valence-corrected chi connectivity index (χ3v) is 5.26. The fourth-order valence-electron chi connectivity index (χ4n) is 2.36. The van der Waals surface area contributed by atoms with Gasteiger partial charge in [-0.1, -0.05) is 6.07 Å². The second-order valence-electron chi connectivity index (χ2n) is 4.98. The molecule has 5 nitrogen and oxygen atoms in total. The highest BCUT2D eigenvalue weighted by Crippen LogP contribution is 2.27. The van der Waals surface area contributed by atoms with Crippen LogP contribution in [-0.2, 0) is 16.4 Å². The molecule has 0 amide bonds. The van der Waals surface area contributed by atoms with Gasteiger partial charge in [0, 0.05) is 12.6 Å². The van der Waals surface area contributed by atoms with Crippen molar-refractivity contribution in [2.45, 2.75) is 19.0 Å². The van der Waals surface area contributed by atoms with Crippen molar-refractivity contribution in [3.63, 3.8) is 0 Å². The fourth-order valence-corrected chi connectivity index (χ4v) is 4.17. The summed E-state index contributed by atoms with van der Waals surface area (Å²) in [5, 5.41) is 9.53. The number of phenolic OH excluding ortho intramolecular Hbond substituents is 1. The number of rotatable bonds is 4. The Morgan fingerprint density at radius 2 is 2.21 bits per heavy atom. The zero-order chi connectivity index (χ0) is 14.0. The molecule has 1 aromatic rings. The Morgan fingerprint density at radius 1 is 1.47 bits per heavy atom. The lowest BCUT2D eigenvalue weighted by atomic mass is 10.1. The van der Waals surface area contributed by atoms with Crippen molar-refractivity contribution >= 4 is 9.84 Å². The maximum atomic E-state index is 11.5. The van der Waals surface area contributed by atoms with Crippen LogP contribution in [0.15, 0.2) is 18.2 Å². The maximum Gasteiger partial charge on any atom is 0.160 e. The van der Waals surface area contributed by atoms with Gasteiger partial charge in [0.25, 0.3) is 0 Å². The molecule has 0 spiro atoms. The van der Waals surface area contributed by atoms with Gasteiger partial charge in [-0.25, -0.2) is 8.42 Å². The van der Waals surface area contributed by atoms with E-state index in [0.717, 1.165) is 5.56 Å². The van der Waals surface area contributed by atoms with Crippen LogP contribution < -0.4 is 4.74 Å². The minimum absolute atomic E-state index is 0.0739. The molecule has 1 unspecified atom stereocenters. The van der Waals surface area contributed by atoms with Gasteiger partial charge in [-0.15, -0.1) is 0 Å². The fraction of sp³-hybridized carbons (Fsp3) is 0.538. The van der Waals surface area contributed by atoms with Crippen LogP contribution in [0.1, 0.15) is 12.0 Å². The van der Waals surface area contributed by atoms with Gasteiger partial charge in [0.1, 0.15) is 0 Å². The lowest BCUT2D eigenvalue weighted by Gasteiger charge is -2.23. The molecule has 1 saturated heterocycles. The summed E-state index contributed by atoms with van der Waals surface area (Å²) in [7, 11) is 0.569. The minimum Gasteiger partial charge on any atom is -0.504 e. The average Bonchev–Trinajstić information content (AvgIpc) is 2.72. The van der Waals surface area contributed by atoms with Gasteiger partial charge in [-0.3, -0.25) is 4.90 Å². The number of sulfone groups is 1. The zero-order valence-corrected chi connectivity index (χ0v) is 12.0. The molecule has 1 N–H and O–H groups in total. The van der Waals surface area contributed by atoms with Gasteiger partial charge in [0.15, 0.2) is 21.3 Å². The monoisotopic (exact) mass is 285 g/mol. The first kappa shape index (κ1) is 14.1. The van der Waals surface area contributed by atoms with Crippen LogP contribution in [0.3, 0.4) is 0 Å². The molecule has 1 atom stereocenters. The van der Waals surface area contributed by atoms with Crippen molar-refractivity contribution in [3.05, 3.63) is 23.8 Å². The largest absolute Gasteiger partial charge is 0.504 e. The number of ether oxygens (including phenoxy) is 1. The van der Waals surface area contributed by atoms with E-state index in [1.54, 1.807) is 12.1 Å². The highest BCUT2D eigenvalue weighted by atomic mass is 32.2. The van der Waals surface area contributed by atoms with E-state index in [4.69, 9.17) is 4.74 Å². The second kappa shape index (κ2) is 5.38. The van der Waals surface area contributed by atoms with Gasteiger partial charge >= 0.3 is 0 Å². The second-order valence-corrected chi connectivity index (χ2v) is 7.21. The summed E-state index contributed by atoms with van der Waals surface area (Å²) in [5.41, 5.74) is 0.987. The molecular formula is C13H19NO4S. The number of nitrogens with zero attached hydrogens (tertiary/aromatic N) is 1. The summed E-state index contributed by atoms with van der Waals surface area (Å²) < 4.78 is 28.0. The van der Waals surface area contributed by atoms with E-state index in [1.807, 2.05) is 18.0 Å². The van der Waals surface area contributed by atoms with E-state index in [1.165, 1.54) is 7.11 Å². The van der Waals surface area contributed by atoms with E-state index < -0.39 is 9.84 Å². The smallest absolute Gasteiger partial charge is 0.160 e. The molecule has 0 aromatic heterocycles. The van der Waals surface area contributed by atoms with Crippen LogP contribution in [0, 0.1) is 0 Å². The quantitative estimate of drug-likeness (QED) is 0.894. The van der Waals surface area contributed by atoms with E-state index in [9.17, 15) is 13.5 Å². The molecular weight excluding hydrogens is 266 g/mol. The van der Waals surface area contributed by atoms with Gasteiger partial charge in [-0.05, 0) is 31.2 Å². The predicted molar refractivity (Wildman–Crippen MR) is 73.2 cm³/mol. The van der Waals surface area contributed by atoms with Gasteiger partial charge in [-0.2, -0.15) is 0 Å². The molecule has 0 saturated carbocycles. The number of hydrogen-bond donors (Lipinski definition) is 1. The van der Waals surface area contributed by atoms with E-state index in [-0.39, 0.29) is 23.3 Å². The van der Waals surface area contributed by atoms with Crippen molar-refractivity contribution in [2.75, 3.05) is 25.7 Å². The van der Waals surface area contributed by atoms with Crippen LogP contribution >= 0.6 is 0 Å². The van der Waals surface area contributed by atoms with E-state index in [2.05, 4.69) is 0 Å². The Bertz CT molecular complexity index is 556. The molecule has 1 aromatic carbocycles. The highest BCUT2D eigenvalue weighted by Gasteiger charge is 2.30. The number of benzene rings is 1. The first-order chi connectivity index (χ1) is 8.91. The first-order valence-corrected chi connectivity index (χ1v) is 8.00. The maximum absolute atomic E-state index is 11.5. The van der Waals surface area contributed by atoms with Crippen molar-refractivity contribution < 1.29 is 18.3 Å². The predicted octanol–water partition coefficient (Wildman–Crippen LogP) is 1.02. The Morgan fingerprint density at radius 3 is 2.79 bits per heavy atom. The van der Waals surface area contributed by atoms with E-state index in [0.29, 0.717) is 18.7 Å². The lowest BCUT2D eigenvalue weighted by molar-refractivity contribution is 0.253. The number of phenols is 1.